The summed E-state index contributed by atoms with van der Waals surface area (Å²) in [5.41, 5.74) is 17.9. The molecule has 296 valence electrons. The summed E-state index contributed by atoms with van der Waals surface area (Å²) >= 11 is 0. The van der Waals surface area contributed by atoms with Crippen molar-refractivity contribution in [2.24, 2.45) is 0 Å². The van der Waals surface area contributed by atoms with Crippen molar-refractivity contribution in [3.05, 3.63) is 243 Å². The molecule has 0 saturated carbocycles. The average molecular weight is 805 g/mol. The number of fused-ring (bicyclic) bond motifs is 6. The summed E-state index contributed by atoms with van der Waals surface area (Å²) in [5.74, 6) is 0. The van der Waals surface area contributed by atoms with Crippen LogP contribution in [0.1, 0.15) is 0 Å². The van der Waals surface area contributed by atoms with Crippen LogP contribution in [-0.4, -0.2) is 4.57 Å². The number of para-hydroxylation sites is 5. The number of hydrogen-bond donors (Lipinski definition) is 0. The number of nitrogens with zero attached hydrogens (tertiary/aromatic N) is 2. The lowest BCUT2D eigenvalue weighted by atomic mass is 9.97. The summed E-state index contributed by atoms with van der Waals surface area (Å²) in [6, 6.07) is 87.1. The first-order valence-electron chi connectivity index (χ1n) is 21.5. The van der Waals surface area contributed by atoms with Gasteiger partial charge in [0.15, 0.2) is 0 Å². The molecule has 10 aromatic carbocycles. The van der Waals surface area contributed by atoms with Crippen molar-refractivity contribution < 1.29 is 4.42 Å². The van der Waals surface area contributed by atoms with Gasteiger partial charge < -0.3 is 13.9 Å². The Kier molecular flexibility index (Phi) is 8.83. The Morgan fingerprint density at radius 1 is 0.302 bits per heavy atom. The SMILES string of the molecule is c1ccc(-c2ccccc2N(c2ccc(-c3cccc(-c4ccc5c(c4)oc4ccccc45)c3)cc2)c2ccc(-c3ccccc3-n3c4ccccc4c4ccccc43)cc2)cc1. The van der Waals surface area contributed by atoms with E-state index in [4.69, 9.17) is 4.42 Å². The molecule has 0 saturated heterocycles. The standard InChI is InChI=1S/C60H40N2O/c1-2-15-42(16-3-1)49-19-4-9-24-55(49)61(47-34-29-41(30-35-47)44-17-14-18-45(39-44)46-33-38-54-53-23-8-13-28-59(53)63-60(54)40-46)48-36-31-43(32-37-48)50-20-5-10-25-56(50)62-57-26-11-6-21-51(57)52-22-7-12-27-58(52)62/h1-40H. The number of benzene rings is 10. The van der Waals surface area contributed by atoms with Gasteiger partial charge in [0.1, 0.15) is 11.2 Å². The van der Waals surface area contributed by atoms with Gasteiger partial charge in [-0.25, -0.2) is 0 Å². The number of rotatable bonds is 8. The quantitative estimate of drug-likeness (QED) is 0.153. The summed E-state index contributed by atoms with van der Waals surface area (Å²) in [6.07, 6.45) is 0. The third-order valence-electron chi connectivity index (χ3n) is 12.4. The smallest absolute Gasteiger partial charge is 0.136 e. The van der Waals surface area contributed by atoms with E-state index in [9.17, 15) is 0 Å². The monoisotopic (exact) mass is 804 g/mol. The second-order valence-corrected chi connectivity index (χ2v) is 16.1. The lowest BCUT2D eigenvalue weighted by Gasteiger charge is -2.28. The van der Waals surface area contributed by atoms with Crippen molar-refractivity contribution in [1.29, 1.82) is 0 Å². The van der Waals surface area contributed by atoms with E-state index in [1.165, 1.54) is 32.9 Å². The number of anilines is 3. The van der Waals surface area contributed by atoms with Crippen LogP contribution in [0.2, 0.25) is 0 Å². The van der Waals surface area contributed by atoms with Gasteiger partial charge in [0, 0.05) is 44.0 Å². The van der Waals surface area contributed by atoms with Gasteiger partial charge >= 0.3 is 0 Å². The van der Waals surface area contributed by atoms with Crippen molar-refractivity contribution in [2.45, 2.75) is 0 Å². The van der Waals surface area contributed by atoms with Gasteiger partial charge in [-0.05, 0) is 106 Å². The Morgan fingerprint density at radius 2 is 0.794 bits per heavy atom. The van der Waals surface area contributed by atoms with Crippen LogP contribution < -0.4 is 4.90 Å². The zero-order valence-corrected chi connectivity index (χ0v) is 34.4. The maximum absolute atomic E-state index is 6.25. The minimum absolute atomic E-state index is 0.903. The van der Waals surface area contributed by atoms with E-state index in [2.05, 4.69) is 240 Å². The Morgan fingerprint density at radius 3 is 1.52 bits per heavy atom. The minimum atomic E-state index is 0.903. The van der Waals surface area contributed by atoms with Crippen LogP contribution in [0.25, 0.3) is 93.9 Å². The highest BCUT2D eigenvalue weighted by Crippen LogP contribution is 2.43. The normalized spacial score (nSPS) is 11.5. The highest BCUT2D eigenvalue weighted by atomic mass is 16.3. The zero-order chi connectivity index (χ0) is 41.7. The van der Waals surface area contributed by atoms with Gasteiger partial charge in [0.25, 0.3) is 0 Å². The van der Waals surface area contributed by atoms with Crippen LogP contribution in [0.15, 0.2) is 247 Å². The molecule has 2 aromatic heterocycles. The fourth-order valence-corrected chi connectivity index (χ4v) is 9.43. The van der Waals surface area contributed by atoms with E-state index in [-0.39, 0.29) is 0 Å². The van der Waals surface area contributed by atoms with Crippen LogP contribution in [0, 0.1) is 0 Å². The van der Waals surface area contributed by atoms with Gasteiger partial charge in [0.05, 0.1) is 22.4 Å². The zero-order valence-electron chi connectivity index (χ0n) is 34.4. The van der Waals surface area contributed by atoms with Crippen LogP contribution >= 0.6 is 0 Å². The van der Waals surface area contributed by atoms with Gasteiger partial charge in [-0.15, -0.1) is 0 Å². The maximum Gasteiger partial charge on any atom is 0.136 e. The molecule has 0 bridgehead atoms. The number of furan rings is 1. The summed E-state index contributed by atoms with van der Waals surface area (Å²) < 4.78 is 8.66. The van der Waals surface area contributed by atoms with Gasteiger partial charge in [-0.3, -0.25) is 0 Å². The van der Waals surface area contributed by atoms with Crippen LogP contribution in [0.4, 0.5) is 17.1 Å². The molecule has 0 aliphatic heterocycles. The predicted molar refractivity (Wildman–Crippen MR) is 264 cm³/mol. The Balaban J connectivity index is 0.931. The maximum atomic E-state index is 6.25. The van der Waals surface area contributed by atoms with Crippen LogP contribution in [0.3, 0.4) is 0 Å². The molecule has 0 aliphatic rings. The second kappa shape index (κ2) is 15.3. The minimum Gasteiger partial charge on any atom is -0.456 e. The summed E-state index contributed by atoms with van der Waals surface area (Å²) in [6.45, 7) is 0. The first-order valence-corrected chi connectivity index (χ1v) is 21.5. The number of aromatic nitrogens is 1. The molecule has 0 aliphatic carbocycles. The van der Waals surface area contributed by atoms with Crippen molar-refractivity contribution in [2.75, 3.05) is 4.90 Å². The fourth-order valence-electron chi connectivity index (χ4n) is 9.43. The fraction of sp³-hybridized carbons (Fsp3) is 0. The van der Waals surface area contributed by atoms with Crippen molar-refractivity contribution in [1.82, 2.24) is 4.57 Å². The summed E-state index contributed by atoms with van der Waals surface area (Å²) in [7, 11) is 0. The number of hydrogen-bond acceptors (Lipinski definition) is 2. The van der Waals surface area contributed by atoms with Crippen molar-refractivity contribution >= 4 is 60.8 Å². The molecule has 12 rings (SSSR count). The first-order chi connectivity index (χ1) is 31.2. The molecule has 2 heterocycles. The van der Waals surface area contributed by atoms with Gasteiger partial charge in [-0.1, -0.05) is 170 Å². The predicted octanol–water partition coefficient (Wildman–Crippen LogP) is 16.8. The molecular weight excluding hydrogens is 765 g/mol. The molecule has 0 N–H and O–H groups in total. The molecule has 0 atom stereocenters. The molecule has 0 amide bonds. The third-order valence-corrected chi connectivity index (χ3v) is 12.4. The Bertz CT molecular complexity index is 3560. The largest absolute Gasteiger partial charge is 0.456 e. The topological polar surface area (TPSA) is 21.3 Å². The molecule has 0 unspecified atom stereocenters. The third kappa shape index (κ3) is 6.38. The molecular formula is C60H40N2O. The molecule has 0 radical (unpaired) electrons. The molecule has 3 nitrogen and oxygen atoms in total. The Labute approximate surface area is 366 Å². The highest BCUT2D eigenvalue weighted by Gasteiger charge is 2.19. The van der Waals surface area contributed by atoms with E-state index in [0.717, 1.165) is 78.1 Å². The van der Waals surface area contributed by atoms with E-state index >= 15 is 0 Å². The van der Waals surface area contributed by atoms with E-state index in [1.54, 1.807) is 0 Å². The van der Waals surface area contributed by atoms with Crippen LogP contribution in [0.5, 0.6) is 0 Å². The van der Waals surface area contributed by atoms with Gasteiger partial charge in [0.2, 0.25) is 0 Å². The molecule has 3 heteroatoms. The molecule has 12 aromatic rings. The lowest BCUT2D eigenvalue weighted by Crippen LogP contribution is -2.11. The summed E-state index contributed by atoms with van der Waals surface area (Å²) in [4.78, 5) is 2.38. The van der Waals surface area contributed by atoms with E-state index in [1.807, 2.05) is 12.1 Å². The lowest BCUT2D eigenvalue weighted by molar-refractivity contribution is 0.669. The summed E-state index contributed by atoms with van der Waals surface area (Å²) in [5, 5.41) is 4.79. The van der Waals surface area contributed by atoms with E-state index < -0.39 is 0 Å². The first kappa shape index (κ1) is 36.5. The van der Waals surface area contributed by atoms with Crippen LogP contribution in [-0.2, 0) is 0 Å². The van der Waals surface area contributed by atoms with Gasteiger partial charge in [-0.2, -0.15) is 0 Å². The average Bonchev–Trinajstić information content (AvgIpc) is 3.90. The molecule has 63 heavy (non-hydrogen) atoms. The molecule has 0 spiro atoms. The molecule has 0 fully saturated rings. The second-order valence-electron chi connectivity index (χ2n) is 16.1. The van der Waals surface area contributed by atoms with Crippen molar-refractivity contribution in [3.63, 3.8) is 0 Å². The van der Waals surface area contributed by atoms with E-state index in [0.29, 0.717) is 0 Å². The highest BCUT2D eigenvalue weighted by molar-refractivity contribution is 6.10. The Hall–Kier alpha value is -8.40. The van der Waals surface area contributed by atoms with Crippen molar-refractivity contribution in [3.8, 4) is 50.2 Å².